The van der Waals surface area contributed by atoms with Crippen LogP contribution in [-0.4, -0.2) is 47.9 Å². The molecule has 1 aliphatic heterocycles. The minimum atomic E-state index is -3.08. The molecule has 0 radical (unpaired) electrons. The van der Waals surface area contributed by atoms with Crippen LogP contribution in [0.4, 0.5) is 0 Å². The van der Waals surface area contributed by atoms with Gasteiger partial charge in [0, 0.05) is 23.4 Å². The zero-order valence-corrected chi connectivity index (χ0v) is 17.2. The predicted octanol–water partition coefficient (Wildman–Crippen LogP) is 2.58. The number of sulfone groups is 1. The summed E-state index contributed by atoms with van der Waals surface area (Å²) < 4.78 is 25.8. The summed E-state index contributed by atoms with van der Waals surface area (Å²) in [5.41, 5.74) is 1.37. The Morgan fingerprint density at radius 3 is 2.17 bits per heavy atom. The van der Waals surface area contributed by atoms with Gasteiger partial charge in [-0.3, -0.25) is 9.59 Å². The third kappa shape index (κ3) is 3.67. The minimum absolute atomic E-state index is 0.0321. The summed E-state index contributed by atoms with van der Waals surface area (Å²) in [6.07, 6.45) is 1.24. The zero-order chi connectivity index (χ0) is 20.6. The second kappa shape index (κ2) is 7.63. The lowest BCUT2D eigenvalue weighted by Crippen LogP contribution is -2.43. The Morgan fingerprint density at radius 2 is 1.66 bits per heavy atom. The molecule has 0 saturated carbocycles. The number of carbonyl (C=O) groups excluding carboxylic acids is 1. The third-order valence-electron chi connectivity index (χ3n) is 5.61. The van der Waals surface area contributed by atoms with Gasteiger partial charge in [0.15, 0.2) is 15.3 Å². The smallest absolute Gasteiger partial charge is 0.242 e. The van der Waals surface area contributed by atoms with Crippen LogP contribution < -0.4 is 5.43 Å². The highest BCUT2D eigenvalue weighted by molar-refractivity contribution is 7.91. The first-order valence-corrected chi connectivity index (χ1v) is 11.7. The van der Waals surface area contributed by atoms with Crippen molar-refractivity contribution in [1.82, 2.24) is 9.47 Å². The maximum absolute atomic E-state index is 13.3. The van der Waals surface area contributed by atoms with E-state index >= 15 is 0 Å². The van der Waals surface area contributed by atoms with Crippen LogP contribution in [-0.2, 0) is 21.2 Å². The molecule has 1 aromatic heterocycles. The molecule has 4 rings (SSSR count). The van der Waals surface area contributed by atoms with Crippen LogP contribution in [0.1, 0.15) is 19.8 Å². The van der Waals surface area contributed by atoms with Crippen molar-refractivity contribution in [3.05, 3.63) is 58.8 Å². The van der Waals surface area contributed by atoms with Crippen LogP contribution in [0.5, 0.6) is 0 Å². The number of fused-ring (bicyclic) bond motifs is 2. The lowest BCUT2D eigenvalue weighted by Gasteiger charge is -2.29. The molecular formula is C22H24N2O4S. The largest absolute Gasteiger partial charge is 0.337 e. The molecular weight excluding hydrogens is 388 g/mol. The Balaban J connectivity index is 1.79. The lowest BCUT2D eigenvalue weighted by molar-refractivity contribution is -0.133. The van der Waals surface area contributed by atoms with Gasteiger partial charge in [-0.25, -0.2) is 8.42 Å². The van der Waals surface area contributed by atoms with Gasteiger partial charge in [0.25, 0.3) is 0 Å². The summed E-state index contributed by atoms with van der Waals surface area (Å²) in [5, 5.41) is 1.15. The molecule has 3 aromatic rings. The van der Waals surface area contributed by atoms with E-state index in [0.29, 0.717) is 34.8 Å². The fourth-order valence-corrected chi connectivity index (χ4v) is 5.98. The molecule has 1 amide bonds. The second-order valence-electron chi connectivity index (χ2n) is 7.59. The molecule has 1 atom stereocenters. The van der Waals surface area contributed by atoms with Crippen molar-refractivity contribution in [2.24, 2.45) is 0 Å². The molecule has 7 heteroatoms. The number of nitrogens with zero attached hydrogens (tertiary/aromatic N) is 2. The highest BCUT2D eigenvalue weighted by atomic mass is 32.2. The summed E-state index contributed by atoms with van der Waals surface area (Å²) in [7, 11) is -3.08. The Morgan fingerprint density at radius 1 is 1.07 bits per heavy atom. The minimum Gasteiger partial charge on any atom is -0.337 e. The molecule has 1 unspecified atom stereocenters. The molecule has 1 saturated heterocycles. The maximum Gasteiger partial charge on any atom is 0.242 e. The van der Waals surface area contributed by atoms with Gasteiger partial charge in [-0.2, -0.15) is 0 Å². The predicted molar refractivity (Wildman–Crippen MR) is 115 cm³/mol. The van der Waals surface area contributed by atoms with Crippen molar-refractivity contribution in [2.75, 3.05) is 18.1 Å². The average Bonchev–Trinajstić information content (AvgIpc) is 3.08. The van der Waals surface area contributed by atoms with Crippen molar-refractivity contribution >= 4 is 37.6 Å². The van der Waals surface area contributed by atoms with Crippen molar-refractivity contribution in [2.45, 2.75) is 32.4 Å². The Hall–Kier alpha value is -2.67. The average molecular weight is 413 g/mol. The van der Waals surface area contributed by atoms with E-state index in [4.69, 9.17) is 0 Å². The molecule has 29 heavy (non-hydrogen) atoms. The fraction of sp³-hybridized carbons (Fsp3) is 0.364. The molecule has 0 bridgehead atoms. The SMILES string of the molecule is CCCN(C(=O)Cn1c2ccccc2c(=O)c2ccccc21)C1CCS(=O)(=O)C1. The summed E-state index contributed by atoms with van der Waals surface area (Å²) in [5.74, 6) is 0.0484. The molecule has 1 fully saturated rings. The van der Waals surface area contributed by atoms with Crippen LogP contribution in [0.25, 0.3) is 21.8 Å². The van der Waals surface area contributed by atoms with Crippen molar-refractivity contribution in [3.63, 3.8) is 0 Å². The summed E-state index contributed by atoms with van der Waals surface area (Å²) >= 11 is 0. The van der Waals surface area contributed by atoms with Gasteiger partial charge in [0.2, 0.25) is 5.91 Å². The third-order valence-corrected chi connectivity index (χ3v) is 7.36. The topological polar surface area (TPSA) is 76.5 Å². The maximum atomic E-state index is 13.3. The molecule has 6 nitrogen and oxygen atoms in total. The molecule has 152 valence electrons. The Labute approximate surface area is 169 Å². The van der Waals surface area contributed by atoms with E-state index in [2.05, 4.69) is 0 Å². The first kappa shape index (κ1) is 19.6. The van der Waals surface area contributed by atoms with Gasteiger partial charge < -0.3 is 9.47 Å². The van der Waals surface area contributed by atoms with Crippen LogP contribution in [0.3, 0.4) is 0 Å². The second-order valence-corrected chi connectivity index (χ2v) is 9.82. The molecule has 0 N–H and O–H groups in total. The number of aromatic nitrogens is 1. The van der Waals surface area contributed by atoms with E-state index in [1.54, 1.807) is 17.0 Å². The Kier molecular flexibility index (Phi) is 5.17. The number of hydrogen-bond acceptors (Lipinski definition) is 4. The summed E-state index contributed by atoms with van der Waals surface area (Å²) in [6.45, 7) is 2.57. The van der Waals surface area contributed by atoms with E-state index < -0.39 is 9.84 Å². The standard InChI is InChI=1S/C22H24N2O4S/c1-2-12-23(16-11-13-29(27,28)15-16)21(25)14-24-19-9-5-3-7-17(19)22(26)18-8-4-6-10-20(18)24/h3-10,16H,2,11-15H2,1H3. The van der Waals surface area contributed by atoms with Crippen LogP contribution >= 0.6 is 0 Å². The van der Waals surface area contributed by atoms with Crippen LogP contribution in [0, 0.1) is 0 Å². The van der Waals surface area contributed by atoms with Gasteiger partial charge in [-0.15, -0.1) is 0 Å². The van der Waals surface area contributed by atoms with Gasteiger partial charge >= 0.3 is 0 Å². The van der Waals surface area contributed by atoms with Gasteiger partial charge in [-0.1, -0.05) is 31.2 Å². The highest BCUT2D eigenvalue weighted by Gasteiger charge is 2.34. The van der Waals surface area contributed by atoms with Crippen LogP contribution in [0.15, 0.2) is 53.3 Å². The normalized spacial score (nSPS) is 18.3. The van der Waals surface area contributed by atoms with Gasteiger partial charge in [0.05, 0.1) is 22.5 Å². The number of benzene rings is 2. The van der Waals surface area contributed by atoms with Crippen LogP contribution in [0.2, 0.25) is 0 Å². The monoisotopic (exact) mass is 412 g/mol. The molecule has 2 aromatic carbocycles. The van der Waals surface area contributed by atoms with E-state index in [0.717, 1.165) is 6.42 Å². The molecule has 0 aliphatic carbocycles. The van der Waals surface area contributed by atoms with Gasteiger partial charge in [-0.05, 0) is 37.1 Å². The number of carbonyl (C=O) groups is 1. The highest BCUT2D eigenvalue weighted by Crippen LogP contribution is 2.22. The lowest BCUT2D eigenvalue weighted by atomic mass is 10.1. The number of rotatable bonds is 5. The summed E-state index contributed by atoms with van der Waals surface area (Å²) in [6, 6.07) is 14.3. The number of amides is 1. The molecule has 0 spiro atoms. The number of pyridine rings is 1. The quantitative estimate of drug-likeness (QED) is 0.604. The fourth-order valence-electron chi connectivity index (χ4n) is 4.25. The Bertz CT molecular complexity index is 1190. The van der Waals surface area contributed by atoms with E-state index in [-0.39, 0.29) is 35.4 Å². The first-order valence-electron chi connectivity index (χ1n) is 9.91. The van der Waals surface area contributed by atoms with E-state index in [1.807, 2.05) is 47.9 Å². The number of hydrogen-bond donors (Lipinski definition) is 0. The van der Waals surface area contributed by atoms with E-state index in [1.165, 1.54) is 0 Å². The number of para-hydroxylation sites is 2. The molecule has 1 aliphatic rings. The van der Waals surface area contributed by atoms with Crippen molar-refractivity contribution < 1.29 is 13.2 Å². The zero-order valence-electron chi connectivity index (χ0n) is 16.4. The van der Waals surface area contributed by atoms with Crippen molar-refractivity contribution in [3.8, 4) is 0 Å². The van der Waals surface area contributed by atoms with E-state index in [9.17, 15) is 18.0 Å². The van der Waals surface area contributed by atoms with Crippen molar-refractivity contribution in [1.29, 1.82) is 0 Å². The molecule has 2 heterocycles. The first-order chi connectivity index (χ1) is 13.9. The van der Waals surface area contributed by atoms with Gasteiger partial charge in [0.1, 0.15) is 6.54 Å². The summed E-state index contributed by atoms with van der Waals surface area (Å²) in [4.78, 5) is 27.9.